The molecule has 0 spiro atoms. The Morgan fingerprint density at radius 2 is 1.84 bits per heavy atom. The number of hydrogen-bond donors (Lipinski definition) is 2. The molecule has 5 heteroatoms. The number of nitrogens with two attached hydrogens (primary N) is 1. The molecular formula is C20H20ClN3O. The number of benzene rings is 2. The van der Waals surface area contributed by atoms with Gasteiger partial charge in [0.25, 0.3) is 0 Å². The van der Waals surface area contributed by atoms with Crippen molar-refractivity contribution in [2.24, 2.45) is 0 Å². The first-order valence-electron chi connectivity index (χ1n) is 8.09. The molecule has 0 saturated heterocycles. The molecule has 3 N–H and O–H groups in total. The summed E-state index contributed by atoms with van der Waals surface area (Å²) in [5.41, 5.74) is 9.94. The third-order valence-corrected chi connectivity index (χ3v) is 3.96. The average Bonchev–Trinajstić information content (AvgIpc) is 2.58. The van der Waals surface area contributed by atoms with E-state index < -0.39 is 0 Å². The number of anilines is 3. The Morgan fingerprint density at radius 3 is 2.56 bits per heavy atom. The van der Waals surface area contributed by atoms with Gasteiger partial charge in [-0.05, 0) is 61.9 Å². The fraction of sp³-hybridized carbons (Fsp3) is 0.150. The highest BCUT2D eigenvalue weighted by atomic mass is 35.5. The van der Waals surface area contributed by atoms with E-state index in [-0.39, 0.29) is 0 Å². The highest BCUT2D eigenvalue weighted by Gasteiger charge is 2.10. The molecule has 1 aromatic heterocycles. The van der Waals surface area contributed by atoms with Gasteiger partial charge in [0.2, 0.25) is 0 Å². The van der Waals surface area contributed by atoms with E-state index in [0.29, 0.717) is 23.3 Å². The number of hydrogen-bond acceptors (Lipinski definition) is 4. The molecule has 0 atom stereocenters. The largest absolute Gasteiger partial charge is 0.493 e. The van der Waals surface area contributed by atoms with Gasteiger partial charge in [0.15, 0.2) is 0 Å². The number of aromatic nitrogens is 1. The lowest BCUT2D eigenvalue weighted by Gasteiger charge is -2.13. The second-order valence-corrected chi connectivity index (χ2v) is 6.17. The topological polar surface area (TPSA) is 60.2 Å². The maximum Gasteiger partial charge on any atom is 0.133 e. The van der Waals surface area contributed by atoms with E-state index in [1.54, 1.807) is 0 Å². The van der Waals surface area contributed by atoms with E-state index >= 15 is 0 Å². The Labute approximate surface area is 152 Å². The monoisotopic (exact) mass is 353 g/mol. The fourth-order valence-electron chi connectivity index (χ4n) is 2.57. The van der Waals surface area contributed by atoms with Gasteiger partial charge in [0, 0.05) is 16.3 Å². The first-order valence-corrected chi connectivity index (χ1v) is 8.47. The fourth-order valence-corrected chi connectivity index (χ4v) is 2.74. The summed E-state index contributed by atoms with van der Waals surface area (Å²) in [5, 5.41) is 3.92. The molecule has 3 aromatic rings. The molecule has 1 heterocycles. The van der Waals surface area contributed by atoms with Crippen LogP contribution in [0.2, 0.25) is 5.02 Å². The molecule has 0 bridgehead atoms. The lowest BCUT2D eigenvalue weighted by Crippen LogP contribution is -1.99. The van der Waals surface area contributed by atoms with Crippen LogP contribution < -0.4 is 15.8 Å². The van der Waals surface area contributed by atoms with Crippen molar-refractivity contribution in [1.29, 1.82) is 0 Å². The summed E-state index contributed by atoms with van der Waals surface area (Å²) < 4.78 is 5.72. The lowest BCUT2D eigenvalue weighted by atomic mass is 10.1. The van der Waals surface area contributed by atoms with Gasteiger partial charge < -0.3 is 15.8 Å². The van der Waals surface area contributed by atoms with Crippen LogP contribution in [-0.4, -0.2) is 11.6 Å². The highest BCUT2D eigenvalue weighted by molar-refractivity contribution is 6.31. The predicted molar refractivity (Wildman–Crippen MR) is 105 cm³/mol. The van der Waals surface area contributed by atoms with Gasteiger partial charge >= 0.3 is 0 Å². The third-order valence-electron chi connectivity index (χ3n) is 3.72. The molecule has 4 nitrogen and oxygen atoms in total. The molecule has 0 aliphatic rings. The third kappa shape index (κ3) is 4.22. The van der Waals surface area contributed by atoms with E-state index in [4.69, 9.17) is 22.1 Å². The quantitative estimate of drug-likeness (QED) is 0.641. The van der Waals surface area contributed by atoms with Crippen LogP contribution in [0.15, 0.2) is 54.6 Å². The number of nitrogens with zero attached hydrogens (tertiary/aromatic N) is 1. The minimum absolute atomic E-state index is 0.425. The highest BCUT2D eigenvalue weighted by Crippen LogP contribution is 2.35. The summed E-state index contributed by atoms with van der Waals surface area (Å²) in [6.07, 6.45) is 0. The number of rotatable bonds is 5. The van der Waals surface area contributed by atoms with Crippen LogP contribution in [0.4, 0.5) is 17.3 Å². The van der Waals surface area contributed by atoms with Gasteiger partial charge in [-0.1, -0.05) is 29.3 Å². The van der Waals surface area contributed by atoms with Crippen molar-refractivity contribution < 1.29 is 4.74 Å². The van der Waals surface area contributed by atoms with Crippen LogP contribution in [0, 0.1) is 6.92 Å². The number of pyridine rings is 1. The van der Waals surface area contributed by atoms with E-state index in [1.165, 1.54) is 5.56 Å². The van der Waals surface area contributed by atoms with Crippen LogP contribution in [-0.2, 0) is 0 Å². The molecule has 0 amide bonds. The number of ether oxygens (including phenoxy) is 1. The minimum atomic E-state index is 0.425. The van der Waals surface area contributed by atoms with Gasteiger partial charge in [-0.2, -0.15) is 0 Å². The molecule has 128 valence electrons. The number of aryl methyl sites for hydroxylation is 1. The minimum Gasteiger partial charge on any atom is -0.493 e. The summed E-state index contributed by atoms with van der Waals surface area (Å²) in [6.45, 7) is 4.57. The SMILES string of the molecule is CCOc1ccc(Cl)cc1-c1cc(N)nc(Nc2ccc(C)cc2)c1. The van der Waals surface area contributed by atoms with Crippen LogP contribution in [0.1, 0.15) is 12.5 Å². The maximum atomic E-state index is 6.17. The van der Waals surface area contributed by atoms with Crippen molar-refractivity contribution in [2.45, 2.75) is 13.8 Å². The smallest absolute Gasteiger partial charge is 0.133 e. The maximum absolute atomic E-state index is 6.17. The molecule has 0 aliphatic heterocycles. The number of nitrogens with one attached hydrogen (secondary N) is 1. The Kier molecular flexibility index (Phi) is 5.10. The van der Waals surface area contributed by atoms with Crippen molar-refractivity contribution in [1.82, 2.24) is 4.98 Å². The van der Waals surface area contributed by atoms with Crippen molar-refractivity contribution in [3.05, 3.63) is 65.2 Å². The Morgan fingerprint density at radius 1 is 1.08 bits per heavy atom. The molecular weight excluding hydrogens is 334 g/mol. The Balaban J connectivity index is 1.99. The molecule has 0 radical (unpaired) electrons. The van der Waals surface area contributed by atoms with Gasteiger partial charge in [-0.15, -0.1) is 0 Å². The van der Waals surface area contributed by atoms with Crippen LogP contribution in [0.3, 0.4) is 0 Å². The van der Waals surface area contributed by atoms with E-state index in [1.807, 2.05) is 61.5 Å². The second kappa shape index (κ2) is 7.45. The molecule has 25 heavy (non-hydrogen) atoms. The van der Waals surface area contributed by atoms with E-state index in [9.17, 15) is 0 Å². The summed E-state index contributed by atoms with van der Waals surface area (Å²) >= 11 is 6.17. The van der Waals surface area contributed by atoms with Gasteiger partial charge in [-0.25, -0.2) is 4.98 Å². The van der Waals surface area contributed by atoms with Crippen molar-refractivity contribution in [2.75, 3.05) is 17.7 Å². The van der Waals surface area contributed by atoms with Gasteiger partial charge in [-0.3, -0.25) is 0 Å². The van der Waals surface area contributed by atoms with Crippen molar-refractivity contribution >= 4 is 28.9 Å². The molecule has 0 fully saturated rings. The summed E-state index contributed by atoms with van der Waals surface area (Å²) in [6, 6.07) is 17.4. The standard InChI is InChI=1S/C20H20ClN3O/c1-3-25-18-9-6-15(21)12-17(18)14-10-19(22)24-20(11-14)23-16-7-4-13(2)5-8-16/h4-12H,3H2,1-2H3,(H3,22,23,24). The number of nitrogen functional groups attached to an aromatic ring is 1. The lowest BCUT2D eigenvalue weighted by molar-refractivity contribution is 0.341. The average molecular weight is 354 g/mol. The summed E-state index contributed by atoms with van der Waals surface area (Å²) in [5.74, 6) is 1.86. The predicted octanol–water partition coefficient (Wildman–Crippen LogP) is 5.43. The Hall–Kier alpha value is -2.72. The normalized spacial score (nSPS) is 10.5. The van der Waals surface area contributed by atoms with Gasteiger partial charge in [0.05, 0.1) is 6.61 Å². The molecule has 0 aliphatic carbocycles. The molecule has 3 rings (SSSR count). The van der Waals surface area contributed by atoms with Crippen molar-refractivity contribution in [3.63, 3.8) is 0 Å². The summed E-state index contributed by atoms with van der Waals surface area (Å²) in [7, 11) is 0. The van der Waals surface area contributed by atoms with Crippen LogP contribution in [0.25, 0.3) is 11.1 Å². The molecule has 2 aromatic carbocycles. The van der Waals surface area contributed by atoms with Crippen molar-refractivity contribution in [3.8, 4) is 16.9 Å². The summed E-state index contributed by atoms with van der Waals surface area (Å²) in [4.78, 5) is 4.37. The number of halogens is 1. The Bertz CT molecular complexity index is 879. The van der Waals surface area contributed by atoms with Crippen LogP contribution in [0.5, 0.6) is 5.75 Å². The zero-order valence-corrected chi connectivity index (χ0v) is 15.0. The first-order chi connectivity index (χ1) is 12.0. The van der Waals surface area contributed by atoms with Gasteiger partial charge in [0.1, 0.15) is 17.4 Å². The zero-order valence-electron chi connectivity index (χ0n) is 14.2. The molecule has 0 unspecified atom stereocenters. The van der Waals surface area contributed by atoms with Crippen LogP contribution >= 0.6 is 11.6 Å². The zero-order chi connectivity index (χ0) is 17.8. The van der Waals surface area contributed by atoms with E-state index in [2.05, 4.69) is 17.2 Å². The molecule has 0 saturated carbocycles. The second-order valence-electron chi connectivity index (χ2n) is 5.73. The first kappa shape index (κ1) is 17.1. The van der Waals surface area contributed by atoms with E-state index in [0.717, 1.165) is 22.6 Å².